The lowest BCUT2D eigenvalue weighted by Gasteiger charge is -2.10. The van der Waals surface area contributed by atoms with E-state index < -0.39 is 0 Å². The molecule has 2 heterocycles. The van der Waals surface area contributed by atoms with Gasteiger partial charge in [0.2, 0.25) is 5.91 Å². The molecule has 0 fully saturated rings. The van der Waals surface area contributed by atoms with Crippen LogP contribution >= 0.6 is 23.4 Å². The number of aromatic nitrogens is 4. The largest absolute Gasteiger partial charge is 0.310 e. The van der Waals surface area contributed by atoms with E-state index in [0.717, 1.165) is 5.56 Å². The summed E-state index contributed by atoms with van der Waals surface area (Å²) in [6.07, 6.45) is 1.46. The quantitative estimate of drug-likeness (QED) is 0.435. The standard InChI is InChI=1S/C21H15ClFN5OS/c22-15-6-11-18(24-12-15)25-19(29)13-30-21-27-26-20(14-4-2-1-3-5-14)28(21)17-9-7-16(23)8-10-17/h1-12H,13H2,(H,24,25,29). The van der Waals surface area contributed by atoms with E-state index in [2.05, 4.69) is 20.5 Å². The summed E-state index contributed by atoms with van der Waals surface area (Å²) >= 11 is 7.03. The summed E-state index contributed by atoms with van der Waals surface area (Å²) in [5.74, 6) is 0.527. The Labute approximate surface area is 181 Å². The van der Waals surface area contributed by atoms with Gasteiger partial charge in [-0.25, -0.2) is 9.37 Å². The lowest BCUT2D eigenvalue weighted by atomic mass is 10.2. The van der Waals surface area contributed by atoms with E-state index in [1.807, 2.05) is 30.3 Å². The fraction of sp³-hybridized carbons (Fsp3) is 0.0476. The van der Waals surface area contributed by atoms with Crippen molar-refractivity contribution in [3.05, 3.63) is 83.8 Å². The third-order valence-corrected chi connectivity index (χ3v) is 5.23. The van der Waals surface area contributed by atoms with Crippen molar-refractivity contribution < 1.29 is 9.18 Å². The highest BCUT2D eigenvalue weighted by atomic mass is 35.5. The average molecular weight is 440 g/mol. The number of carbonyl (C=O) groups excluding carboxylic acids is 1. The van der Waals surface area contributed by atoms with Crippen LogP contribution in [0.4, 0.5) is 10.2 Å². The smallest absolute Gasteiger partial charge is 0.236 e. The van der Waals surface area contributed by atoms with Gasteiger partial charge in [-0.2, -0.15) is 0 Å². The molecule has 150 valence electrons. The first-order valence-electron chi connectivity index (χ1n) is 8.91. The number of carbonyl (C=O) groups is 1. The number of nitrogens with one attached hydrogen (secondary N) is 1. The molecule has 0 saturated carbocycles. The Balaban J connectivity index is 1.58. The van der Waals surface area contributed by atoms with Gasteiger partial charge < -0.3 is 5.32 Å². The molecule has 4 aromatic rings. The van der Waals surface area contributed by atoms with Gasteiger partial charge in [0.15, 0.2) is 11.0 Å². The summed E-state index contributed by atoms with van der Waals surface area (Å²) in [4.78, 5) is 16.4. The number of benzene rings is 2. The lowest BCUT2D eigenvalue weighted by Crippen LogP contribution is -2.15. The Morgan fingerprint density at radius 2 is 1.80 bits per heavy atom. The highest BCUT2D eigenvalue weighted by molar-refractivity contribution is 7.99. The third-order valence-electron chi connectivity index (χ3n) is 4.08. The van der Waals surface area contributed by atoms with Crippen molar-refractivity contribution in [1.29, 1.82) is 0 Å². The van der Waals surface area contributed by atoms with Crippen LogP contribution < -0.4 is 5.32 Å². The van der Waals surface area contributed by atoms with Crippen LogP contribution in [0, 0.1) is 5.82 Å². The maximum atomic E-state index is 13.4. The van der Waals surface area contributed by atoms with E-state index in [4.69, 9.17) is 11.6 Å². The second-order valence-electron chi connectivity index (χ2n) is 6.18. The van der Waals surface area contributed by atoms with Crippen LogP contribution in [0.25, 0.3) is 17.1 Å². The second-order valence-corrected chi connectivity index (χ2v) is 7.56. The van der Waals surface area contributed by atoms with Crippen molar-refractivity contribution >= 4 is 35.1 Å². The summed E-state index contributed by atoms with van der Waals surface area (Å²) in [5.41, 5.74) is 1.55. The average Bonchev–Trinajstić information content (AvgIpc) is 3.19. The van der Waals surface area contributed by atoms with Gasteiger partial charge in [-0.15, -0.1) is 10.2 Å². The maximum Gasteiger partial charge on any atom is 0.236 e. The molecular weight excluding hydrogens is 425 g/mol. The Hall–Kier alpha value is -3.23. The highest BCUT2D eigenvalue weighted by Crippen LogP contribution is 2.28. The molecule has 9 heteroatoms. The predicted octanol–water partition coefficient (Wildman–Crippen LogP) is 4.85. The van der Waals surface area contributed by atoms with Crippen molar-refractivity contribution in [2.24, 2.45) is 0 Å². The first-order chi connectivity index (χ1) is 14.6. The molecule has 6 nitrogen and oxygen atoms in total. The molecule has 0 unspecified atom stereocenters. The van der Waals surface area contributed by atoms with Gasteiger partial charge in [0.05, 0.1) is 10.8 Å². The molecule has 0 spiro atoms. The molecule has 2 aromatic heterocycles. The van der Waals surface area contributed by atoms with Gasteiger partial charge in [-0.1, -0.05) is 53.7 Å². The number of pyridine rings is 1. The molecule has 0 saturated heterocycles. The van der Waals surface area contributed by atoms with Crippen LogP contribution in [-0.4, -0.2) is 31.4 Å². The Morgan fingerprint density at radius 1 is 1.03 bits per heavy atom. The van der Waals surface area contributed by atoms with E-state index in [9.17, 15) is 9.18 Å². The van der Waals surface area contributed by atoms with Gasteiger partial charge in [0.25, 0.3) is 0 Å². The predicted molar refractivity (Wildman–Crippen MR) is 115 cm³/mol. The molecule has 0 bridgehead atoms. The maximum absolute atomic E-state index is 13.4. The third kappa shape index (κ3) is 4.67. The molecule has 0 radical (unpaired) electrons. The van der Waals surface area contributed by atoms with Gasteiger partial charge in [0.1, 0.15) is 11.6 Å². The van der Waals surface area contributed by atoms with Crippen LogP contribution in [0.15, 0.2) is 78.1 Å². The molecule has 1 N–H and O–H groups in total. The van der Waals surface area contributed by atoms with Crippen molar-refractivity contribution in [3.63, 3.8) is 0 Å². The molecule has 0 aliphatic rings. The summed E-state index contributed by atoms with van der Waals surface area (Å²) in [6.45, 7) is 0. The Morgan fingerprint density at radius 3 is 2.50 bits per heavy atom. The fourth-order valence-electron chi connectivity index (χ4n) is 2.72. The van der Waals surface area contributed by atoms with Crippen LogP contribution in [0.3, 0.4) is 0 Å². The molecule has 0 aliphatic carbocycles. The number of nitrogens with zero attached hydrogens (tertiary/aromatic N) is 4. The SMILES string of the molecule is O=C(CSc1nnc(-c2ccccc2)n1-c1ccc(F)cc1)Nc1ccc(Cl)cn1. The van der Waals surface area contributed by atoms with E-state index >= 15 is 0 Å². The van der Waals surface area contributed by atoms with Crippen LogP contribution in [-0.2, 0) is 4.79 Å². The van der Waals surface area contributed by atoms with Crippen LogP contribution in [0.1, 0.15) is 0 Å². The molecule has 0 aliphatic heterocycles. The van der Waals surface area contributed by atoms with Crippen molar-refractivity contribution in [2.75, 3.05) is 11.1 Å². The number of hydrogen-bond acceptors (Lipinski definition) is 5. The van der Waals surface area contributed by atoms with Gasteiger partial charge in [-0.05, 0) is 36.4 Å². The van der Waals surface area contributed by atoms with Crippen LogP contribution in [0.5, 0.6) is 0 Å². The van der Waals surface area contributed by atoms with Gasteiger partial charge >= 0.3 is 0 Å². The minimum atomic E-state index is -0.336. The number of halogens is 2. The van der Waals surface area contributed by atoms with Gasteiger partial charge in [-0.3, -0.25) is 9.36 Å². The zero-order chi connectivity index (χ0) is 20.9. The minimum absolute atomic E-state index is 0.0957. The molecule has 30 heavy (non-hydrogen) atoms. The fourth-order valence-corrected chi connectivity index (χ4v) is 3.58. The zero-order valence-corrected chi connectivity index (χ0v) is 17.1. The normalized spacial score (nSPS) is 10.7. The first kappa shape index (κ1) is 20.1. The first-order valence-corrected chi connectivity index (χ1v) is 10.3. The molecule has 1 amide bonds. The number of anilines is 1. The number of hydrogen-bond donors (Lipinski definition) is 1. The Bertz CT molecular complexity index is 1150. The summed E-state index contributed by atoms with van der Waals surface area (Å²) in [6, 6.07) is 18.8. The highest BCUT2D eigenvalue weighted by Gasteiger charge is 2.17. The molecule has 2 aromatic carbocycles. The van der Waals surface area contributed by atoms with E-state index in [0.29, 0.717) is 27.5 Å². The summed E-state index contributed by atoms with van der Waals surface area (Å²) < 4.78 is 15.2. The monoisotopic (exact) mass is 439 g/mol. The number of thioether (sulfide) groups is 1. The lowest BCUT2D eigenvalue weighted by molar-refractivity contribution is -0.113. The number of rotatable bonds is 6. The molecule has 0 atom stereocenters. The molecular formula is C21H15ClFN5OS. The van der Waals surface area contributed by atoms with Crippen molar-refractivity contribution in [2.45, 2.75) is 5.16 Å². The minimum Gasteiger partial charge on any atom is -0.310 e. The Kier molecular flexibility index (Phi) is 6.06. The van der Waals surface area contributed by atoms with Crippen molar-refractivity contribution in [1.82, 2.24) is 19.7 Å². The van der Waals surface area contributed by atoms with E-state index in [1.165, 1.54) is 30.1 Å². The van der Waals surface area contributed by atoms with E-state index in [1.54, 1.807) is 28.8 Å². The zero-order valence-electron chi connectivity index (χ0n) is 15.5. The summed E-state index contributed by atoms with van der Waals surface area (Å²) in [5, 5.41) is 12.3. The summed E-state index contributed by atoms with van der Waals surface area (Å²) in [7, 11) is 0. The van der Waals surface area contributed by atoms with Crippen LogP contribution in [0.2, 0.25) is 5.02 Å². The topological polar surface area (TPSA) is 72.7 Å². The van der Waals surface area contributed by atoms with Gasteiger partial charge in [0, 0.05) is 17.4 Å². The van der Waals surface area contributed by atoms with Crippen molar-refractivity contribution in [3.8, 4) is 17.1 Å². The number of amides is 1. The molecule has 4 rings (SSSR count). The van der Waals surface area contributed by atoms with E-state index in [-0.39, 0.29) is 17.5 Å². The second kappa shape index (κ2) is 9.06.